The Balaban J connectivity index is 2.29. The van der Waals surface area contributed by atoms with Crippen LogP contribution in [0.5, 0.6) is 0 Å². The molecule has 1 aliphatic rings. The molecule has 2 N–H and O–H groups in total. The van der Waals surface area contributed by atoms with Gasteiger partial charge >= 0.3 is 0 Å². The maximum absolute atomic E-state index is 6.07. The number of hydrogen-bond acceptors (Lipinski definition) is 5. The molecule has 0 amide bonds. The summed E-state index contributed by atoms with van der Waals surface area (Å²) >= 11 is 5.58. The third-order valence-corrected chi connectivity index (χ3v) is 7.47. The lowest BCUT2D eigenvalue weighted by atomic mass is 10.0. The van der Waals surface area contributed by atoms with Gasteiger partial charge in [0.1, 0.15) is 6.10 Å². The van der Waals surface area contributed by atoms with Crippen LogP contribution in [-0.4, -0.2) is 29.6 Å². The Kier molecular flexibility index (Phi) is 3.78. The molecule has 1 heterocycles. The van der Waals surface area contributed by atoms with Gasteiger partial charge in [0, 0.05) is 14.1 Å². The molecule has 3 atom stereocenters. The molecular weight excluding hydrogens is 253 g/mol. The van der Waals surface area contributed by atoms with Crippen molar-refractivity contribution in [2.75, 3.05) is 14.1 Å². The van der Waals surface area contributed by atoms with Crippen LogP contribution in [-0.2, 0) is 16.8 Å². The number of rotatable bonds is 2. The summed E-state index contributed by atoms with van der Waals surface area (Å²) in [4.78, 5) is 0. The molecular formula is C11H18N3OPS. The van der Waals surface area contributed by atoms with Gasteiger partial charge in [0.05, 0.1) is 6.04 Å². The van der Waals surface area contributed by atoms with E-state index in [1.807, 2.05) is 25.2 Å². The van der Waals surface area contributed by atoms with E-state index in [4.69, 9.17) is 22.6 Å². The molecule has 1 aromatic rings. The minimum atomic E-state index is -2.23. The first-order chi connectivity index (χ1) is 7.97. The number of benzene rings is 1. The Labute approximate surface area is 108 Å². The fraction of sp³-hybridized carbons (Fsp3) is 0.455. The van der Waals surface area contributed by atoms with Gasteiger partial charge in [-0.05, 0) is 12.5 Å². The zero-order valence-electron chi connectivity index (χ0n) is 10.3. The number of hydrazine groups is 1. The lowest BCUT2D eigenvalue weighted by Crippen LogP contribution is -2.34. The topological polar surface area (TPSA) is 41.7 Å². The van der Waals surface area contributed by atoms with Gasteiger partial charge in [0.2, 0.25) is 0 Å². The molecule has 0 aliphatic carbocycles. The summed E-state index contributed by atoms with van der Waals surface area (Å²) in [5.74, 6) is 5.84. The molecule has 0 saturated carbocycles. The van der Waals surface area contributed by atoms with E-state index in [-0.39, 0.29) is 12.1 Å². The molecule has 1 aromatic carbocycles. The maximum Gasteiger partial charge on any atom is 0.184 e. The van der Waals surface area contributed by atoms with Crippen molar-refractivity contribution >= 4 is 19.2 Å². The maximum atomic E-state index is 6.07. The van der Waals surface area contributed by atoms with Gasteiger partial charge in [-0.25, -0.2) is 10.4 Å². The molecule has 0 bridgehead atoms. The molecule has 6 heteroatoms. The van der Waals surface area contributed by atoms with Gasteiger partial charge in [-0.2, -0.15) is 4.67 Å². The van der Waals surface area contributed by atoms with Crippen molar-refractivity contribution in [2.45, 2.75) is 19.1 Å². The smallest absolute Gasteiger partial charge is 0.184 e. The Hall–Kier alpha value is -0.160. The molecule has 17 heavy (non-hydrogen) atoms. The van der Waals surface area contributed by atoms with Crippen molar-refractivity contribution in [1.82, 2.24) is 9.45 Å². The van der Waals surface area contributed by atoms with Crippen LogP contribution < -0.4 is 5.84 Å². The van der Waals surface area contributed by atoms with E-state index in [0.29, 0.717) is 0 Å². The van der Waals surface area contributed by atoms with E-state index in [2.05, 4.69) is 23.7 Å². The Morgan fingerprint density at radius 3 is 2.47 bits per heavy atom. The number of likely N-dealkylation sites (N-methyl/N-ethyl adjacent to an activating group) is 1. The van der Waals surface area contributed by atoms with E-state index < -0.39 is 6.99 Å². The summed E-state index contributed by atoms with van der Waals surface area (Å²) in [7, 11) is 3.76. The molecule has 1 saturated heterocycles. The molecule has 0 spiro atoms. The van der Waals surface area contributed by atoms with Gasteiger partial charge in [0.25, 0.3) is 0 Å². The predicted octanol–water partition coefficient (Wildman–Crippen LogP) is 2.11. The minimum absolute atomic E-state index is 0.00182. The summed E-state index contributed by atoms with van der Waals surface area (Å²) in [6, 6.07) is 10.4. The van der Waals surface area contributed by atoms with Gasteiger partial charge in [0.15, 0.2) is 6.99 Å². The fourth-order valence-corrected chi connectivity index (χ4v) is 4.66. The highest BCUT2D eigenvalue weighted by molar-refractivity contribution is 8.38. The molecule has 0 radical (unpaired) electrons. The van der Waals surface area contributed by atoms with E-state index in [0.717, 1.165) is 5.56 Å². The number of nitrogens with zero attached hydrogens (tertiary/aromatic N) is 2. The van der Waals surface area contributed by atoms with E-state index in [1.54, 1.807) is 11.8 Å². The van der Waals surface area contributed by atoms with E-state index >= 15 is 0 Å². The van der Waals surface area contributed by atoms with Crippen LogP contribution in [0.3, 0.4) is 0 Å². The third kappa shape index (κ3) is 2.24. The molecule has 0 aromatic heterocycles. The van der Waals surface area contributed by atoms with Crippen LogP contribution >= 0.6 is 6.99 Å². The van der Waals surface area contributed by atoms with Crippen LogP contribution in [0.1, 0.15) is 18.6 Å². The first-order valence-corrected chi connectivity index (χ1v) is 8.15. The molecule has 94 valence electrons. The fourth-order valence-electron chi connectivity index (χ4n) is 2.02. The summed E-state index contributed by atoms with van der Waals surface area (Å²) in [6.45, 7) is -0.113. The van der Waals surface area contributed by atoms with Gasteiger partial charge in [-0.1, -0.05) is 35.1 Å². The van der Waals surface area contributed by atoms with Crippen molar-refractivity contribution in [3.63, 3.8) is 0 Å². The molecule has 4 nitrogen and oxygen atoms in total. The van der Waals surface area contributed by atoms with Crippen molar-refractivity contribution in [1.29, 1.82) is 0 Å². The SMILES string of the molecule is C[C@H]1[C@@H](c2ccccc2)O[P+]([S-])(N(C)N)N1C. The van der Waals surface area contributed by atoms with Crippen molar-refractivity contribution < 1.29 is 4.52 Å². The average Bonchev–Trinajstić information content (AvgIpc) is 2.56. The van der Waals surface area contributed by atoms with Gasteiger partial charge < -0.3 is 12.2 Å². The highest BCUT2D eigenvalue weighted by Crippen LogP contribution is 2.70. The van der Waals surface area contributed by atoms with Crippen LogP contribution in [0, 0.1) is 0 Å². The predicted molar refractivity (Wildman–Crippen MR) is 73.7 cm³/mol. The highest BCUT2D eigenvalue weighted by Gasteiger charge is 2.51. The quantitative estimate of drug-likeness (QED) is 0.386. The van der Waals surface area contributed by atoms with Crippen LogP contribution in [0.4, 0.5) is 0 Å². The minimum Gasteiger partial charge on any atom is -0.484 e. The van der Waals surface area contributed by atoms with Crippen molar-refractivity contribution in [2.24, 2.45) is 5.84 Å². The lowest BCUT2D eigenvalue weighted by molar-refractivity contribution is 0.211. The standard InChI is InChI=1S/C11H18N3OPS/c1-9-11(10-7-5-4-6-8-10)15-16(17,13(9)2)14(3)12/h4-9,11H,12H2,1-3H3/t9-,11-,16?/m0/s1. The largest absolute Gasteiger partial charge is 0.484 e. The Morgan fingerprint density at radius 2 is 2.00 bits per heavy atom. The van der Waals surface area contributed by atoms with Crippen LogP contribution in [0.25, 0.3) is 0 Å². The van der Waals surface area contributed by atoms with Gasteiger partial charge in [-0.3, -0.25) is 0 Å². The lowest BCUT2D eigenvalue weighted by Gasteiger charge is -2.35. The average molecular weight is 271 g/mol. The van der Waals surface area contributed by atoms with Gasteiger partial charge in [-0.15, -0.1) is 0 Å². The summed E-state index contributed by atoms with van der Waals surface area (Å²) in [6.07, 6.45) is -0.00182. The first-order valence-electron chi connectivity index (χ1n) is 5.52. The van der Waals surface area contributed by atoms with Crippen LogP contribution in [0.2, 0.25) is 0 Å². The summed E-state index contributed by atoms with van der Waals surface area (Å²) in [5, 5.41) is 0. The van der Waals surface area contributed by atoms with Crippen molar-refractivity contribution in [3.05, 3.63) is 35.9 Å². The van der Waals surface area contributed by atoms with Crippen LogP contribution in [0.15, 0.2) is 30.3 Å². The van der Waals surface area contributed by atoms with Crippen molar-refractivity contribution in [3.8, 4) is 0 Å². The Morgan fingerprint density at radius 1 is 1.41 bits per heavy atom. The zero-order valence-corrected chi connectivity index (χ0v) is 12.0. The van der Waals surface area contributed by atoms with E-state index in [9.17, 15) is 0 Å². The zero-order chi connectivity index (χ0) is 12.6. The molecule has 1 fully saturated rings. The van der Waals surface area contributed by atoms with E-state index in [1.165, 1.54) is 0 Å². The number of nitrogens with two attached hydrogens (primary N) is 1. The second-order valence-corrected chi connectivity index (χ2v) is 8.20. The molecule has 1 aliphatic heterocycles. The Bertz CT molecular complexity index is 392. The molecule has 2 rings (SSSR count). The highest BCUT2D eigenvalue weighted by atomic mass is 32.7. The second-order valence-electron chi connectivity index (χ2n) is 4.32. The third-order valence-electron chi connectivity index (χ3n) is 3.20. The summed E-state index contributed by atoms with van der Waals surface area (Å²) in [5.41, 5.74) is 1.15. The second kappa shape index (κ2) is 4.84. The summed E-state index contributed by atoms with van der Waals surface area (Å²) < 4.78 is 9.70. The normalized spacial score (nSPS) is 34.5. The molecule has 1 unspecified atom stereocenters. The first kappa shape index (κ1) is 13.3. The monoisotopic (exact) mass is 271 g/mol. The number of hydrogen-bond donors (Lipinski definition) is 1.